The van der Waals surface area contributed by atoms with Gasteiger partial charge >= 0.3 is 5.97 Å². The normalized spacial score (nSPS) is 33.1. The van der Waals surface area contributed by atoms with E-state index < -0.39 is 5.97 Å². The second-order valence-electron chi connectivity index (χ2n) is 16.1. The lowest BCUT2D eigenvalue weighted by molar-refractivity contribution is -0.181. The molecule has 8 atom stereocenters. The number of nitrogens with one attached hydrogen (secondary N) is 1. The minimum absolute atomic E-state index is 0.0264. The maximum absolute atomic E-state index is 13.9. The van der Waals surface area contributed by atoms with Crippen molar-refractivity contribution in [1.29, 1.82) is 0 Å². The molecule has 6 heteroatoms. The molecule has 2 N–H and O–H groups in total. The Bertz CT molecular complexity index is 1560. The van der Waals surface area contributed by atoms with Crippen molar-refractivity contribution in [3.05, 3.63) is 70.7 Å². The standard InChI is InChI=1S/C37H48N2O3S.C3H6.C2H6.2C2H2/c1-34(2)26(23-7-9-24(10-8-23)32(40)41)13-17-36(4)29(34)15-18-35(3)27-14-19-37(33(42)39-22-31-38-20-21-43-31)16-5-6-28(37)25(27)11-12-30(35)36;1-3-2;3*1-2/h7-10,13,20-21,25,27-30H,5-6,11-12,14-19,22H2,1-4H3,(H,39,42)(H,40,41);3H,1H2,2H3;1-2H3;2*1-2H/t25-,27?,28?,29?,30?,35-,36-,37-;;;;/m0..../s1. The molecule has 4 unspecified atom stereocenters. The number of benzene rings is 1. The van der Waals surface area contributed by atoms with E-state index in [1.165, 1.54) is 56.1 Å². The maximum Gasteiger partial charge on any atom is 0.335 e. The first kappa shape index (κ1) is 42.8. The topological polar surface area (TPSA) is 79.3 Å². The van der Waals surface area contributed by atoms with Crippen LogP contribution in [0, 0.1) is 76.9 Å². The summed E-state index contributed by atoms with van der Waals surface area (Å²) in [6.45, 7) is 20.0. The average Bonchev–Trinajstić information content (AvgIpc) is 3.85. The lowest BCUT2D eigenvalue weighted by atomic mass is 9.36. The summed E-state index contributed by atoms with van der Waals surface area (Å²) >= 11 is 1.62. The largest absolute Gasteiger partial charge is 0.478 e. The van der Waals surface area contributed by atoms with Gasteiger partial charge in [0.2, 0.25) is 5.91 Å². The van der Waals surface area contributed by atoms with Crippen LogP contribution in [0.2, 0.25) is 0 Å². The van der Waals surface area contributed by atoms with Crippen LogP contribution in [0.25, 0.3) is 5.57 Å². The Kier molecular flexibility index (Phi) is 14.8. The van der Waals surface area contributed by atoms with E-state index in [9.17, 15) is 14.7 Å². The van der Waals surface area contributed by atoms with Gasteiger partial charge < -0.3 is 10.4 Å². The first-order chi connectivity index (χ1) is 24.9. The first-order valence-corrected chi connectivity index (χ1v) is 20.2. The van der Waals surface area contributed by atoms with Crippen LogP contribution in [0.4, 0.5) is 0 Å². The van der Waals surface area contributed by atoms with Gasteiger partial charge in [0.25, 0.3) is 0 Å². The van der Waals surface area contributed by atoms with Crippen molar-refractivity contribution >= 4 is 28.8 Å². The Morgan fingerprint density at radius 1 is 0.923 bits per heavy atom. The number of carbonyl (C=O) groups excluding carboxylic acids is 1. The highest BCUT2D eigenvalue weighted by Gasteiger charge is 2.66. The summed E-state index contributed by atoms with van der Waals surface area (Å²) < 4.78 is 0. The molecule has 7 rings (SSSR count). The van der Waals surface area contributed by atoms with Crippen LogP contribution in [0.1, 0.15) is 134 Å². The summed E-state index contributed by atoms with van der Waals surface area (Å²) in [5.41, 5.74) is 3.34. The van der Waals surface area contributed by atoms with E-state index in [1.54, 1.807) is 29.5 Å². The summed E-state index contributed by atoms with van der Waals surface area (Å²) in [4.78, 5) is 29.7. The average molecular weight is 725 g/mol. The van der Waals surface area contributed by atoms with Gasteiger partial charge in [-0.05, 0) is 134 Å². The third-order valence-corrected chi connectivity index (χ3v) is 14.6. The van der Waals surface area contributed by atoms with E-state index in [-0.39, 0.29) is 16.2 Å². The van der Waals surface area contributed by atoms with Crippen LogP contribution in [0.15, 0.2) is 54.6 Å². The van der Waals surface area contributed by atoms with Crippen LogP contribution >= 0.6 is 11.3 Å². The highest BCUT2D eigenvalue weighted by molar-refractivity contribution is 7.09. The molecular formula is C46H64N2O3S. The number of rotatable bonds is 5. The van der Waals surface area contributed by atoms with E-state index >= 15 is 0 Å². The molecule has 0 saturated heterocycles. The number of hydrogen-bond acceptors (Lipinski definition) is 4. The lowest BCUT2D eigenvalue weighted by Gasteiger charge is -2.68. The summed E-state index contributed by atoms with van der Waals surface area (Å²) in [6, 6.07) is 7.54. The van der Waals surface area contributed by atoms with E-state index in [0.717, 1.165) is 24.3 Å². The summed E-state index contributed by atoms with van der Waals surface area (Å²) in [5.74, 6) is 2.62. The molecule has 5 nitrogen and oxygen atoms in total. The number of carbonyl (C=O) groups is 2. The van der Waals surface area contributed by atoms with Crippen LogP contribution in [-0.2, 0) is 11.3 Å². The third-order valence-electron chi connectivity index (χ3n) is 13.9. The maximum atomic E-state index is 13.9. The van der Waals surface area contributed by atoms with Gasteiger partial charge in [-0.15, -0.1) is 43.6 Å². The fraction of sp³-hybridized carbons (Fsp3) is 0.587. The van der Waals surface area contributed by atoms with Gasteiger partial charge in [-0.1, -0.05) is 72.2 Å². The number of terminal acetylenes is 2. The molecule has 1 aromatic heterocycles. The number of carboxylic acid groups (broad SMARTS) is 1. The number of aromatic nitrogens is 1. The van der Waals surface area contributed by atoms with E-state index in [0.29, 0.717) is 53.0 Å². The van der Waals surface area contributed by atoms with Crippen molar-refractivity contribution in [2.45, 2.75) is 119 Å². The van der Waals surface area contributed by atoms with Gasteiger partial charge in [0.1, 0.15) is 5.01 Å². The molecule has 4 saturated carbocycles. The number of amides is 1. The smallest absolute Gasteiger partial charge is 0.335 e. The number of thiazole rings is 1. The molecular weight excluding hydrogens is 661 g/mol. The van der Waals surface area contributed by atoms with E-state index in [4.69, 9.17) is 0 Å². The lowest BCUT2D eigenvalue weighted by Crippen LogP contribution is -2.62. The zero-order valence-electron chi connectivity index (χ0n) is 32.9. The minimum atomic E-state index is -0.868. The Balaban J connectivity index is 0.000000749. The van der Waals surface area contributed by atoms with Crippen molar-refractivity contribution < 1.29 is 14.7 Å². The van der Waals surface area contributed by atoms with Gasteiger partial charge in [-0.3, -0.25) is 4.79 Å². The molecule has 1 aromatic carbocycles. The number of fused-ring (bicyclic) bond motifs is 7. The number of nitrogens with zero attached hydrogens (tertiary/aromatic N) is 1. The van der Waals surface area contributed by atoms with E-state index in [1.807, 2.05) is 44.5 Å². The minimum Gasteiger partial charge on any atom is -0.478 e. The van der Waals surface area contributed by atoms with E-state index in [2.05, 4.69) is 76.3 Å². The van der Waals surface area contributed by atoms with Gasteiger partial charge in [0.15, 0.2) is 0 Å². The molecule has 4 fully saturated rings. The first-order valence-electron chi connectivity index (χ1n) is 19.4. The summed E-state index contributed by atoms with van der Waals surface area (Å²) in [6.07, 6.45) is 34.0. The van der Waals surface area contributed by atoms with Crippen molar-refractivity contribution in [2.24, 2.45) is 51.2 Å². The van der Waals surface area contributed by atoms with Crippen molar-refractivity contribution in [1.82, 2.24) is 10.3 Å². The Morgan fingerprint density at radius 3 is 2.17 bits per heavy atom. The molecule has 282 valence electrons. The molecule has 0 bridgehead atoms. The monoisotopic (exact) mass is 724 g/mol. The second-order valence-corrected chi connectivity index (χ2v) is 17.1. The Morgan fingerprint density at radius 2 is 1.58 bits per heavy atom. The van der Waals surface area contributed by atoms with Crippen molar-refractivity contribution in [3.8, 4) is 25.7 Å². The SMILES string of the molecule is C#C.C#C.C=CC.CC.CC1(C)C(c2ccc(C(=O)O)cc2)=CC[C@@]2(C)C1CC[C@@]1(C)C3CC[C@@]4(C(=O)NCc5nccs5)CCCC4[C@H]3CCC12. The van der Waals surface area contributed by atoms with Gasteiger partial charge in [-0.25, -0.2) is 9.78 Å². The van der Waals surface area contributed by atoms with Crippen molar-refractivity contribution in [3.63, 3.8) is 0 Å². The third kappa shape index (κ3) is 7.57. The Labute approximate surface area is 319 Å². The number of carboxylic acids is 1. The quantitative estimate of drug-likeness (QED) is 0.238. The van der Waals surface area contributed by atoms with Crippen LogP contribution in [-0.4, -0.2) is 22.0 Å². The van der Waals surface area contributed by atoms with Gasteiger partial charge in [0.05, 0.1) is 17.5 Å². The molecule has 2 aromatic rings. The van der Waals surface area contributed by atoms with Crippen LogP contribution in [0.3, 0.4) is 0 Å². The fourth-order valence-electron chi connectivity index (χ4n) is 12.2. The fourth-order valence-corrected chi connectivity index (χ4v) is 12.7. The highest BCUT2D eigenvalue weighted by atomic mass is 32.1. The molecule has 1 heterocycles. The predicted molar refractivity (Wildman–Crippen MR) is 218 cm³/mol. The Hall–Kier alpha value is -3.61. The molecule has 52 heavy (non-hydrogen) atoms. The van der Waals surface area contributed by atoms with Crippen molar-refractivity contribution in [2.75, 3.05) is 0 Å². The summed E-state index contributed by atoms with van der Waals surface area (Å²) in [5, 5.41) is 15.7. The number of allylic oxidation sites excluding steroid dienone is 3. The summed E-state index contributed by atoms with van der Waals surface area (Å²) in [7, 11) is 0. The van der Waals surface area contributed by atoms with Gasteiger partial charge in [-0.2, -0.15) is 0 Å². The van der Waals surface area contributed by atoms with Crippen LogP contribution < -0.4 is 5.32 Å². The number of aromatic carboxylic acids is 1. The zero-order valence-corrected chi connectivity index (χ0v) is 33.7. The highest BCUT2D eigenvalue weighted by Crippen LogP contribution is 2.73. The molecule has 5 aliphatic carbocycles. The number of hydrogen-bond donors (Lipinski definition) is 2. The van der Waals surface area contributed by atoms with Crippen LogP contribution in [0.5, 0.6) is 0 Å². The zero-order chi connectivity index (χ0) is 38.9. The molecule has 0 radical (unpaired) electrons. The molecule has 0 aliphatic heterocycles. The van der Waals surface area contributed by atoms with Gasteiger partial charge in [0, 0.05) is 11.6 Å². The molecule has 0 spiro atoms. The second kappa shape index (κ2) is 17.9. The predicted octanol–water partition coefficient (Wildman–Crippen LogP) is 11.3. The molecule has 1 amide bonds. The molecule has 5 aliphatic rings.